The number of ether oxygens (including phenoxy) is 4. The molecule has 0 aromatic carbocycles. The van der Waals surface area contributed by atoms with Gasteiger partial charge >= 0.3 is 11.9 Å². The van der Waals surface area contributed by atoms with Gasteiger partial charge in [0.15, 0.2) is 12.4 Å². The Morgan fingerprint density at radius 2 is 0.851 bits per heavy atom. The number of allylic oxidation sites excluding steroid dienone is 12. The van der Waals surface area contributed by atoms with Crippen LogP contribution < -0.4 is 5.11 Å². The Kier molecular flexibility index (Phi) is 46.8. The molecule has 0 rings (SSSR count). The number of carboxylic acids is 1. The van der Waals surface area contributed by atoms with E-state index in [1.807, 2.05) is 21.1 Å². The van der Waals surface area contributed by atoms with Gasteiger partial charge in [0.05, 0.1) is 40.3 Å². The fourth-order valence-electron chi connectivity index (χ4n) is 7.30. The summed E-state index contributed by atoms with van der Waals surface area (Å²) in [4.78, 5) is 37.2. The Morgan fingerprint density at radius 3 is 1.27 bits per heavy atom. The first kappa shape index (κ1) is 63.7. The first-order valence-corrected chi connectivity index (χ1v) is 27.1. The smallest absolute Gasteiger partial charge is 0.306 e. The number of unbranched alkanes of at least 4 members (excludes halogenated alkanes) is 22. The van der Waals surface area contributed by atoms with Crippen molar-refractivity contribution in [2.45, 2.75) is 232 Å². The number of aliphatic carboxylic acids is 1. The second kappa shape index (κ2) is 49.2. The molecule has 0 saturated heterocycles. The molecule has 0 heterocycles. The quantitative estimate of drug-likeness (QED) is 0.0195. The van der Waals surface area contributed by atoms with E-state index in [0.717, 1.165) is 96.3 Å². The third kappa shape index (κ3) is 50.4. The van der Waals surface area contributed by atoms with E-state index in [0.29, 0.717) is 17.4 Å². The fourth-order valence-corrected chi connectivity index (χ4v) is 7.30. The molecule has 0 saturated carbocycles. The highest BCUT2D eigenvalue weighted by Crippen LogP contribution is 2.16. The van der Waals surface area contributed by atoms with Gasteiger partial charge in [-0.25, -0.2) is 0 Å². The van der Waals surface area contributed by atoms with E-state index < -0.39 is 24.3 Å². The van der Waals surface area contributed by atoms with Crippen molar-refractivity contribution in [3.8, 4) is 0 Å². The summed E-state index contributed by atoms with van der Waals surface area (Å²) in [6.07, 6.45) is 59.3. The van der Waals surface area contributed by atoms with E-state index in [9.17, 15) is 19.5 Å². The maximum absolute atomic E-state index is 12.8. The summed E-state index contributed by atoms with van der Waals surface area (Å²) in [5.74, 6) is -2.30. The predicted molar refractivity (Wildman–Crippen MR) is 278 cm³/mol. The molecule has 0 aliphatic heterocycles. The number of carbonyl (C=O) groups is 3. The fraction of sp³-hybridized carbons (Fsp3) is 0.741. The number of carboxylic acid groups (broad SMARTS) is 1. The van der Waals surface area contributed by atoms with E-state index in [1.54, 1.807) is 0 Å². The molecular formula is C58H101NO8. The highest BCUT2D eigenvalue weighted by Gasteiger charge is 2.22. The first-order valence-electron chi connectivity index (χ1n) is 27.1. The minimum Gasteiger partial charge on any atom is -0.545 e. The molecule has 0 amide bonds. The van der Waals surface area contributed by atoms with Gasteiger partial charge in [0.2, 0.25) is 0 Å². The zero-order chi connectivity index (χ0) is 49.2. The second-order valence-electron chi connectivity index (χ2n) is 19.1. The molecular weight excluding hydrogens is 839 g/mol. The Morgan fingerprint density at radius 1 is 0.463 bits per heavy atom. The standard InChI is InChI=1S/C58H101NO8/c1-6-8-10-12-14-16-18-20-22-24-25-26-27-28-29-30-31-33-35-37-39-41-43-45-47-49-56(61)67-54(53-66-58(57(62)63)64-51-50-59(3,4)5)52-65-55(60)48-46-44-42-40-38-36-34-32-23-21-19-17-15-13-11-9-7-2/h8,10,14,16,20,22,25-26,28-29,31,33,54,58H,6-7,9,11-13,15,17-19,21,23-24,27,30,32,34-53H2,1-5H3/b10-8-,16-14-,22-20-,26-25-,29-28-,33-31-. The average Bonchev–Trinajstić information content (AvgIpc) is 3.29. The third-order valence-electron chi connectivity index (χ3n) is 11.5. The molecule has 9 nitrogen and oxygen atoms in total. The molecule has 0 aromatic heterocycles. The van der Waals surface area contributed by atoms with Gasteiger partial charge in [-0.2, -0.15) is 0 Å². The van der Waals surface area contributed by atoms with Crippen LogP contribution in [0.1, 0.15) is 219 Å². The zero-order valence-corrected chi connectivity index (χ0v) is 43.8. The highest BCUT2D eigenvalue weighted by atomic mass is 16.7. The predicted octanol–water partition coefficient (Wildman–Crippen LogP) is 14.1. The van der Waals surface area contributed by atoms with Gasteiger partial charge < -0.3 is 33.3 Å². The summed E-state index contributed by atoms with van der Waals surface area (Å²) in [6.45, 7) is 4.62. The second-order valence-corrected chi connectivity index (χ2v) is 19.1. The summed E-state index contributed by atoms with van der Waals surface area (Å²) in [7, 11) is 5.91. The molecule has 0 radical (unpaired) electrons. The van der Waals surface area contributed by atoms with Crippen LogP contribution in [0.4, 0.5) is 0 Å². The summed E-state index contributed by atoms with van der Waals surface area (Å²) in [5.41, 5.74) is 0. The highest BCUT2D eigenvalue weighted by molar-refractivity contribution is 5.70. The summed E-state index contributed by atoms with van der Waals surface area (Å²) < 4.78 is 22.6. The monoisotopic (exact) mass is 940 g/mol. The maximum atomic E-state index is 12.8. The lowest BCUT2D eigenvalue weighted by atomic mass is 10.0. The van der Waals surface area contributed by atoms with Gasteiger partial charge in [0.25, 0.3) is 0 Å². The molecule has 386 valence electrons. The summed E-state index contributed by atoms with van der Waals surface area (Å²) in [6, 6.07) is 0. The van der Waals surface area contributed by atoms with E-state index in [2.05, 4.69) is 86.8 Å². The molecule has 0 aromatic rings. The van der Waals surface area contributed by atoms with Crippen LogP contribution in [0.2, 0.25) is 0 Å². The Hall–Kier alpha value is -3.27. The largest absolute Gasteiger partial charge is 0.545 e. The van der Waals surface area contributed by atoms with Gasteiger partial charge in [-0.3, -0.25) is 9.59 Å². The number of carbonyl (C=O) groups excluding carboxylic acids is 3. The van der Waals surface area contributed by atoms with Crippen molar-refractivity contribution in [2.75, 3.05) is 47.5 Å². The number of likely N-dealkylation sites (N-methyl/N-ethyl adjacent to an activating group) is 1. The van der Waals surface area contributed by atoms with E-state index in [4.69, 9.17) is 18.9 Å². The topological polar surface area (TPSA) is 111 Å². The number of nitrogens with zero attached hydrogens (tertiary/aromatic N) is 1. The number of hydrogen-bond acceptors (Lipinski definition) is 8. The molecule has 0 N–H and O–H groups in total. The Bertz CT molecular complexity index is 1330. The normalized spacial score (nSPS) is 13.4. The lowest BCUT2D eigenvalue weighted by molar-refractivity contribution is -0.870. The molecule has 9 heteroatoms. The van der Waals surface area contributed by atoms with Gasteiger partial charge in [-0.15, -0.1) is 0 Å². The van der Waals surface area contributed by atoms with Crippen molar-refractivity contribution in [1.82, 2.24) is 0 Å². The number of quaternary nitrogens is 1. The van der Waals surface area contributed by atoms with E-state index >= 15 is 0 Å². The van der Waals surface area contributed by atoms with Crippen LogP contribution in [0.3, 0.4) is 0 Å². The van der Waals surface area contributed by atoms with Gasteiger partial charge in [0, 0.05) is 12.8 Å². The minimum absolute atomic E-state index is 0.142. The molecule has 0 aliphatic rings. The molecule has 2 unspecified atom stereocenters. The van der Waals surface area contributed by atoms with Gasteiger partial charge in [0.1, 0.15) is 13.2 Å². The van der Waals surface area contributed by atoms with Crippen LogP contribution in [0.25, 0.3) is 0 Å². The average molecular weight is 940 g/mol. The molecule has 67 heavy (non-hydrogen) atoms. The van der Waals surface area contributed by atoms with E-state index in [1.165, 1.54) is 89.9 Å². The van der Waals surface area contributed by atoms with Crippen LogP contribution in [-0.2, 0) is 33.3 Å². The van der Waals surface area contributed by atoms with Crippen LogP contribution in [-0.4, -0.2) is 82.3 Å². The maximum Gasteiger partial charge on any atom is 0.306 e. The van der Waals surface area contributed by atoms with Crippen molar-refractivity contribution in [1.29, 1.82) is 0 Å². The number of esters is 2. The van der Waals surface area contributed by atoms with Crippen LogP contribution >= 0.6 is 0 Å². The van der Waals surface area contributed by atoms with Crippen LogP contribution in [0.5, 0.6) is 0 Å². The molecule has 2 atom stereocenters. The van der Waals surface area contributed by atoms with E-state index in [-0.39, 0.29) is 38.6 Å². The molecule has 0 aliphatic carbocycles. The molecule has 0 fully saturated rings. The summed E-state index contributed by atoms with van der Waals surface area (Å²) >= 11 is 0. The van der Waals surface area contributed by atoms with Crippen LogP contribution in [0, 0.1) is 0 Å². The van der Waals surface area contributed by atoms with Gasteiger partial charge in [-0.1, -0.05) is 215 Å². The first-order chi connectivity index (χ1) is 32.6. The SMILES string of the molecule is CC/C=C\C/C=C\C/C=C\C/C=C\C/C=C\C/C=C\CCCCCCCCC(=O)OC(COC(=O)CCCCCCCCCCCCCCCCCCC)COC(OCC[N+](C)(C)C)C(=O)[O-]. The van der Waals surface area contributed by atoms with Gasteiger partial charge in [-0.05, 0) is 64.2 Å². The lowest BCUT2D eigenvalue weighted by Crippen LogP contribution is -2.44. The van der Waals surface area contributed by atoms with Crippen molar-refractivity contribution in [3.63, 3.8) is 0 Å². The van der Waals surface area contributed by atoms with Crippen molar-refractivity contribution in [3.05, 3.63) is 72.9 Å². The zero-order valence-electron chi connectivity index (χ0n) is 43.8. The van der Waals surface area contributed by atoms with Crippen molar-refractivity contribution >= 4 is 17.9 Å². The molecule has 0 bridgehead atoms. The Labute approximate surface area is 411 Å². The summed E-state index contributed by atoms with van der Waals surface area (Å²) in [5, 5.41) is 11.7. The Balaban J connectivity index is 4.34. The lowest BCUT2D eigenvalue weighted by Gasteiger charge is -2.26. The number of hydrogen-bond donors (Lipinski definition) is 0. The third-order valence-corrected chi connectivity index (χ3v) is 11.5. The van der Waals surface area contributed by atoms with Crippen molar-refractivity contribution < 1.29 is 42.9 Å². The molecule has 0 spiro atoms. The van der Waals surface area contributed by atoms with Crippen LogP contribution in [0.15, 0.2) is 72.9 Å². The minimum atomic E-state index is -1.63. The van der Waals surface area contributed by atoms with Crippen molar-refractivity contribution in [2.24, 2.45) is 0 Å². The number of rotatable bonds is 49.